The third-order valence-corrected chi connectivity index (χ3v) is 9.10. The van der Waals surface area contributed by atoms with Gasteiger partial charge in [0.1, 0.15) is 11.2 Å². The molecule has 1 aliphatic rings. The Labute approximate surface area is 221 Å². The van der Waals surface area contributed by atoms with Gasteiger partial charge in [0.05, 0.1) is 0 Å². The van der Waals surface area contributed by atoms with E-state index in [0.717, 1.165) is 35.0 Å². The highest BCUT2D eigenvalue weighted by molar-refractivity contribution is 7.38. The van der Waals surface area contributed by atoms with Crippen molar-refractivity contribution in [3.63, 3.8) is 0 Å². The second kappa shape index (κ2) is 8.63. The maximum absolute atomic E-state index is 6.89. The molecule has 7 aromatic rings. The summed E-state index contributed by atoms with van der Waals surface area (Å²) >= 11 is 0. The van der Waals surface area contributed by atoms with Gasteiger partial charge in [0.15, 0.2) is 0 Å². The Balaban J connectivity index is 1.47. The third kappa shape index (κ3) is 3.40. The van der Waals surface area contributed by atoms with E-state index in [0.29, 0.717) is 0 Å². The Kier molecular flexibility index (Phi) is 4.94. The van der Waals surface area contributed by atoms with Crippen molar-refractivity contribution in [3.05, 3.63) is 132 Å². The van der Waals surface area contributed by atoms with Gasteiger partial charge in [-0.1, -0.05) is 109 Å². The molecule has 4 heteroatoms. The molecule has 0 saturated carbocycles. The lowest BCUT2D eigenvalue weighted by Gasteiger charge is -2.17. The third-order valence-electron chi connectivity index (χ3n) is 7.65. The first kappa shape index (κ1) is 21.8. The summed E-state index contributed by atoms with van der Waals surface area (Å²) in [5.41, 5.74) is 6.88. The van der Waals surface area contributed by atoms with E-state index in [9.17, 15) is 0 Å². The van der Waals surface area contributed by atoms with Crippen LogP contribution in [0.4, 0.5) is 0 Å². The Morgan fingerprint density at radius 3 is 1.45 bits per heavy atom. The maximum atomic E-state index is 6.89. The number of hydrogen-bond acceptors (Lipinski definition) is 3. The van der Waals surface area contributed by atoms with Crippen molar-refractivity contribution in [1.82, 2.24) is 0 Å². The van der Waals surface area contributed by atoms with E-state index >= 15 is 0 Å². The molecule has 0 amide bonds. The van der Waals surface area contributed by atoms with Crippen molar-refractivity contribution in [2.75, 3.05) is 4.67 Å². The fourth-order valence-corrected chi connectivity index (χ4v) is 7.32. The topological polar surface area (TPSA) is 29.5 Å². The number of rotatable bonds is 1. The second-order valence-electron chi connectivity index (χ2n) is 9.88. The first-order valence-electron chi connectivity index (χ1n) is 12.9. The number of benzene rings is 6. The van der Waals surface area contributed by atoms with Crippen LogP contribution in [-0.2, 0) is 13.1 Å². The molecule has 0 spiro atoms. The molecule has 2 heterocycles. The molecule has 0 unspecified atom stereocenters. The van der Waals surface area contributed by atoms with Gasteiger partial charge in [0.2, 0.25) is 0 Å². The Morgan fingerprint density at radius 2 is 0.921 bits per heavy atom. The SMILES string of the molecule is c1ccc2c(c1)CN(p1oc3ccc4ccccc4c3c3c(ccc4ccccc43)o1)Cc1ccccc1-2. The van der Waals surface area contributed by atoms with E-state index in [2.05, 4.69) is 126 Å². The molecule has 3 nitrogen and oxygen atoms in total. The van der Waals surface area contributed by atoms with Gasteiger partial charge in [-0.15, -0.1) is 0 Å². The van der Waals surface area contributed by atoms with E-state index < -0.39 is 8.16 Å². The zero-order valence-corrected chi connectivity index (χ0v) is 21.6. The zero-order chi connectivity index (χ0) is 25.1. The van der Waals surface area contributed by atoms with E-state index in [1.807, 2.05) is 0 Å². The van der Waals surface area contributed by atoms with Crippen molar-refractivity contribution >= 4 is 51.6 Å². The summed E-state index contributed by atoms with van der Waals surface area (Å²) in [6, 6.07) is 43.0. The van der Waals surface area contributed by atoms with Crippen molar-refractivity contribution in [2.24, 2.45) is 0 Å². The highest BCUT2D eigenvalue weighted by Gasteiger charge is 2.24. The first-order chi connectivity index (χ1) is 18.8. The van der Waals surface area contributed by atoms with Crippen LogP contribution in [0.25, 0.3) is 54.6 Å². The van der Waals surface area contributed by atoms with E-state index in [-0.39, 0.29) is 0 Å². The molecule has 0 radical (unpaired) electrons. The van der Waals surface area contributed by atoms with Crippen LogP contribution in [0.2, 0.25) is 0 Å². The Hall–Kier alpha value is -4.30. The molecule has 0 bridgehead atoms. The lowest BCUT2D eigenvalue weighted by molar-refractivity contribution is 0.618. The maximum Gasteiger partial charge on any atom is 0.310 e. The molecule has 0 atom stereocenters. The molecule has 182 valence electrons. The lowest BCUT2D eigenvalue weighted by Crippen LogP contribution is -2.17. The predicted molar refractivity (Wildman–Crippen MR) is 159 cm³/mol. The Morgan fingerprint density at radius 1 is 0.474 bits per heavy atom. The number of hydrogen-bond donors (Lipinski definition) is 0. The summed E-state index contributed by atoms with van der Waals surface area (Å²) in [5.74, 6) is 0. The van der Waals surface area contributed by atoms with Crippen molar-refractivity contribution in [3.8, 4) is 11.1 Å². The molecule has 38 heavy (non-hydrogen) atoms. The van der Waals surface area contributed by atoms with E-state index in [1.165, 1.54) is 43.8 Å². The van der Waals surface area contributed by atoms with Crippen LogP contribution in [0, 0.1) is 0 Å². The van der Waals surface area contributed by atoms with Gasteiger partial charge in [-0.05, 0) is 55.9 Å². The van der Waals surface area contributed by atoms with Gasteiger partial charge in [-0.3, -0.25) is 0 Å². The quantitative estimate of drug-likeness (QED) is 0.221. The zero-order valence-electron chi connectivity index (χ0n) is 20.7. The van der Waals surface area contributed by atoms with E-state index in [1.54, 1.807) is 0 Å². The average Bonchev–Trinajstić information content (AvgIpc) is 3.25. The van der Waals surface area contributed by atoms with Gasteiger partial charge in [-0.25, -0.2) is 0 Å². The summed E-state index contributed by atoms with van der Waals surface area (Å²) in [7, 11) is -1.43. The largest absolute Gasteiger partial charge is 0.408 e. The molecule has 0 saturated heterocycles. The molecule has 0 aliphatic carbocycles. The molecule has 8 rings (SSSR count). The minimum absolute atomic E-state index is 0.752. The minimum Gasteiger partial charge on any atom is -0.408 e. The highest BCUT2D eigenvalue weighted by atomic mass is 31.1. The fourth-order valence-electron chi connectivity index (χ4n) is 5.88. The van der Waals surface area contributed by atoms with Crippen LogP contribution >= 0.6 is 8.16 Å². The first-order valence-corrected chi connectivity index (χ1v) is 14.1. The van der Waals surface area contributed by atoms with Gasteiger partial charge in [-0.2, -0.15) is 4.67 Å². The van der Waals surface area contributed by atoms with Crippen LogP contribution in [0.5, 0.6) is 0 Å². The summed E-state index contributed by atoms with van der Waals surface area (Å²) in [6.45, 7) is 1.50. The molecule has 1 aliphatic heterocycles. The predicted octanol–water partition coefficient (Wildman–Crippen LogP) is 9.92. The van der Waals surface area contributed by atoms with Crippen LogP contribution in [0.3, 0.4) is 0 Å². The minimum atomic E-state index is -1.43. The fraction of sp³-hybridized carbons (Fsp3) is 0.0588. The molecular weight excluding hydrogens is 485 g/mol. The summed E-state index contributed by atoms with van der Waals surface area (Å²) < 4.78 is 16.1. The van der Waals surface area contributed by atoms with Crippen LogP contribution in [0.15, 0.2) is 130 Å². The lowest BCUT2D eigenvalue weighted by atomic mass is 9.97. The molecular formula is C34H24NO2P. The monoisotopic (exact) mass is 509 g/mol. The van der Waals surface area contributed by atoms with Crippen LogP contribution in [0.1, 0.15) is 11.1 Å². The summed E-state index contributed by atoms with van der Waals surface area (Å²) in [6.07, 6.45) is 0. The second-order valence-corrected chi connectivity index (χ2v) is 11.3. The molecule has 0 fully saturated rings. The molecule has 6 aromatic carbocycles. The molecule has 0 N–H and O–H groups in total. The van der Waals surface area contributed by atoms with Gasteiger partial charge < -0.3 is 8.39 Å². The van der Waals surface area contributed by atoms with Gasteiger partial charge >= 0.3 is 8.16 Å². The summed E-state index contributed by atoms with van der Waals surface area (Å²) in [4.78, 5) is 0. The normalized spacial score (nSPS) is 13.5. The number of fused-ring (bicyclic) bond motifs is 10. The van der Waals surface area contributed by atoms with Gasteiger partial charge in [0.25, 0.3) is 0 Å². The van der Waals surface area contributed by atoms with Crippen molar-refractivity contribution in [1.29, 1.82) is 0 Å². The summed E-state index contributed by atoms with van der Waals surface area (Å²) in [5, 5.41) is 6.95. The van der Waals surface area contributed by atoms with Gasteiger partial charge in [0, 0.05) is 23.9 Å². The average molecular weight is 510 g/mol. The van der Waals surface area contributed by atoms with Crippen LogP contribution in [-0.4, -0.2) is 0 Å². The standard InChI is InChI=1S/C34H24NO2P/c1-7-15-29-23(9-1)17-19-31-33(29)34-30-16-8-2-10-24(30)18-20-32(34)37-38(36-31)35-21-25-11-3-5-13-27(25)28-14-6-4-12-26(28)22-35/h1-20H,21-22H2. The smallest absolute Gasteiger partial charge is 0.310 e. The number of nitrogens with zero attached hydrogens (tertiary/aromatic N) is 1. The van der Waals surface area contributed by atoms with E-state index in [4.69, 9.17) is 8.39 Å². The highest BCUT2D eigenvalue weighted by Crippen LogP contribution is 2.44. The van der Waals surface area contributed by atoms with Crippen molar-refractivity contribution < 1.29 is 8.39 Å². The van der Waals surface area contributed by atoms with Crippen LogP contribution < -0.4 is 4.67 Å². The Bertz CT molecular complexity index is 1910. The molecule has 1 aromatic heterocycles. The van der Waals surface area contributed by atoms with Crippen molar-refractivity contribution in [2.45, 2.75) is 13.1 Å².